The van der Waals surface area contributed by atoms with E-state index in [9.17, 15) is 67.7 Å². The Bertz CT molecular complexity index is 5020. The van der Waals surface area contributed by atoms with Gasteiger partial charge in [-0.1, -0.05) is 25.5 Å². The number of esters is 4. The number of piperazine rings is 2. The fourth-order valence-electron chi connectivity index (χ4n) is 18.2. The minimum atomic E-state index is -2.01. The van der Waals surface area contributed by atoms with Crippen LogP contribution in [0.2, 0.25) is 0 Å². The van der Waals surface area contributed by atoms with E-state index < -0.39 is 162 Å². The molecule has 9 atom stereocenters. The summed E-state index contributed by atoms with van der Waals surface area (Å²) in [5.41, 5.74) is -5.24. The molecule has 14 rings (SSSR count). The number of methoxy groups -OCH3 is 2. The maximum atomic E-state index is 16.6. The van der Waals surface area contributed by atoms with Gasteiger partial charge in [0.25, 0.3) is 0 Å². The van der Waals surface area contributed by atoms with E-state index in [1.807, 2.05) is 36.6 Å². The molecule has 3 unspecified atom stereocenters. The molecule has 7 fully saturated rings. The first-order valence-corrected chi connectivity index (χ1v) is 38.6. The highest BCUT2D eigenvalue weighted by Crippen LogP contribution is 2.67. The number of allylic oxidation sites excluding steroid dienone is 4. The maximum Gasteiger partial charge on any atom is 0.519 e. The molecule has 2 N–H and O–H groups in total. The quantitative estimate of drug-likeness (QED) is 0.0287. The number of aliphatic hydroxyl groups excluding tert-OH is 1. The number of ketones is 2. The summed E-state index contributed by atoms with van der Waals surface area (Å²) < 4.78 is 110. The van der Waals surface area contributed by atoms with Gasteiger partial charge < -0.3 is 94.2 Å². The normalized spacial score (nSPS) is 24.8. The van der Waals surface area contributed by atoms with Crippen LogP contribution in [0, 0.1) is 54.1 Å². The van der Waals surface area contributed by atoms with Crippen molar-refractivity contribution in [3.05, 3.63) is 136 Å². The van der Waals surface area contributed by atoms with Crippen LogP contribution in [-0.4, -0.2) is 194 Å². The van der Waals surface area contributed by atoms with Crippen molar-refractivity contribution < 1.29 is 122 Å². The van der Waals surface area contributed by atoms with Gasteiger partial charge in [-0.3, -0.25) is 38.6 Å². The zero-order valence-electron chi connectivity index (χ0n) is 65.2. The predicted octanol–water partition coefficient (Wildman–Crippen LogP) is 7.46. The average Bonchev–Trinajstić information content (AvgIpc) is 1.44. The SMILES string of the molecule is COc1c(N2CCN(Cc3oc(=O)oc3C)C(C)C2)c(F)cc2c(=O)c(C(=O)OCOC(=O)OCC(COC(=O)OCOC(=O)c3cn(C4CC4)c4c(OC)c(N5CCN(Cc6oc(=O)oc6C)C(C)C5)c(F)cc4c3=O)OC(=O)CCC(=O)OCC(=O)[C@]3(O)CC[C@@H]4[C@H]5CCC6=CC(=O)C=C[C@@]6(C)C5[C@H](O)C[C@]43C)cn(C3CC3)c12. The number of benzene rings is 2. The number of aliphatic hydroxyl groups is 2. The molecular formula is C80H90F2N6O28. The van der Waals surface area contributed by atoms with Gasteiger partial charge in [0.1, 0.15) is 52.8 Å². The van der Waals surface area contributed by atoms with Crippen LogP contribution in [0.15, 0.2) is 85.2 Å². The van der Waals surface area contributed by atoms with Gasteiger partial charge in [0, 0.05) is 92.6 Å². The van der Waals surface area contributed by atoms with Gasteiger partial charge in [-0.2, -0.15) is 0 Å². The molecule has 0 spiro atoms. The summed E-state index contributed by atoms with van der Waals surface area (Å²) in [6.07, 6.45) is 4.35. The molecule has 6 heterocycles. The molecule has 2 aromatic carbocycles. The number of anilines is 2. The molecule has 2 saturated heterocycles. The summed E-state index contributed by atoms with van der Waals surface area (Å²) in [4.78, 5) is 167. The van der Waals surface area contributed by atoms with E-state index in [4.69, 9.17) is 65.0 Å². The number of aryl methyl sites for hydroxylation is 2. The van der Waals surface area contributed by atoms with Crippen molar-refractivity contribution in [3.63, 3.8) is 0 Å². The molecular weight excluding hydrogens is 1530 g/mol. The fourth-order valence-corrected chi connectivity index (χ4v) is 18.2. The largest absolute Gasteiger partial charge is 0.519 e. The number of pyridine rings is 2. The molecule has 4 aromatic heterocycles. The van der Waals surface area contributed by atoms with Gasteiger partial charge in [0.15, 0.2) is 53.1 Å². The van der Waals surface area contributed by atoms with Gasteiger partial charge in [-0.25, -0.2) is 37.5 Å². The lowest BCUT2D eigenvalue weighted by atomic mass is 9.46. The van der Waals surface area contributed by atoms with Crippen LogP contribution in [0.3, 0.4) is 0 Å². The summed E-state index contributed by atoms with van der Waals surface area (Å²) in [6.45, 7) is 8.12. The number of fused-ring (bicyclic) bond motifs is 7. The monoisotopic (exact) mass is 1620 g/mol. The Labute approximate surface area is 659 Å². The number of hydrogen-bond donors (Lipinski definition) is 2. The second-order valence-corrected chi connectivity index (χ2v) is 31.5. The minimum Gasteiger partial charge on any atom is -0.492 e. The minimum absolute atomic E-state index is 0.0234. The van der Waals surface area contributed by atoms with Gasteiger partial charge in [0.2, 0.25) is 30.2 Å². The number of carbonyl (C=O) groups excluding carboxylic acids is 8. The maximum absolute atomic E-state index is 16.6. The van der Waals surface area contributed by atoms with Crippen LogP contribution in [0.4, 0.5) is 29.7 Å². The molecule has 5 saturated carbocycles. The van der Waals surface area contributed by atoms with Crippen molar-refractivity contribution in [1.29, 1.82) is 0 Å². The molecule has 6 aromatic rings. The van der Waals surface area contributed by atoms with E-state index >= 15 is 8.78 Å². The highest BCUT2D eigenvalue weighted by Gasteiger charge is 2.68. The zero-order chi connectivity index (χ0) is 82.7. The highest BCUT2D eigenvalue weighted by atomic mass is 19.1. The summed E-state index contributed by atoms with van der Waals surface area (Å²) >= 11 is 0. The lowest BCUT2D eigenvalue weighted by molar-refractivity contribution is -0.181. The molecule has 0 radical (unpaired) electrons. The summed E-state index contributed by atoms with van der Waals surface area (Å²) in [5.74, 6) is -8.19. The van der Waals surface area contributed by atoms with Gasteiger partial charge in [0.05, 0.1) is 68.1 Å². The van der Waals surface area contributed by atoms with E-state index in [-0.39, 0.29) is 118 Å². The third-order valence-electron chi connectivity index (χ3n) is 24.5. The van der Waals surface area contributed by atoms with Crippen molar-refractivity contribution in [3.8, 4) is 11.5 Å². The van der Waals surface area contributed by atoms with Crippen molar-refractivity contribution >= 4 is 80.9 Å². The summed E-state index contributed by atoms with van der Waals surface area (Å²) in [7, 11) is 2.66. The van der Waals surface area contributed by atoms with Crippen LogP contribution in [0.1, 0.15) is 154 Å². The Balaban J connectivity index is 0.610. The first-order valence-electron chi connectivity index (χ1n) is 38.6. The second-order valence-electron chi connectivity index (χ2n) is 31.5. The number of halogens is 2. The van der Waals surface area contributed by atoms with Gasteiger partial charge in [-0.05, 0) is 122 Å². The molecule has 0 bridgehead atoms. The van der Waals surface area contributed by atoms with Crippen molar-refractivity contribution in [2.24, 2.45) is 28.6 Å². The number of rotatable bonds is 27. The molecule has 6 aliphatic carbocycles. The Kier molecular flexibility index (Phi) is 22.9. The van der Waals surface area contributed by atoms with E-state index in [0.29, 0.717) is 107 Å². The molecule has 36 heteroatoms. The Morgan fingerprint density at radius 2 is 1.12 bits per heavy atom. The summed E-state index contributed by atoms with van der Waals surface area (Å²) in [5, 5.41) is 23.6. The van der Waals surface area contributed by atoms with Crippen LogP contribution in [-0.2, 0) is 70.2 Å². The van der Waals surface area contributed by atoms with Crippen molar-refractivity contribution in [1.82, 2.24) is 18.9 Å². The zero-order valence-corrected chi connectivity index (χ0v) is 65.2. The predicted molar refractivity (Wildman–Crippen MR) is 398 cm³/mol. The second kappa shape index (κ2) is 32.6. The van der Waals surface area contributed by atoms with Gasteiger partial charge >= 0.3 is 47.8 Å². The molecule has 2 aliphatic heterocycles. The van der Waals surface area contributed by atoms with E-state index in [1.54, 1.807) is 45.8 Å². The summed E-state index contributed by atoms with van der Waals surface area (Å²) in [6, 6.07) is 1.14. The van der Waals surface area contributed by atoms with Crippen molar-refractivity contribution in [2.45, 2.75) is 167 Å². The number of ether oxygens (including phenoxy) is 10. The van der Waals surface area contributed by atoms with Crippen LogP contribution < -0.4 is 41.8 Å². The molecule has 8 aliphatic rings. The van der Waals surface area contributed by atoms with Crippen LogP contribution in [0.5, 0.6) is 11.5 Å². The molecule has 34 nitrogen and oxygen atoms in total. The Morgan fingerprint density at radius 1 is 0.629 bits per heavy atom. The Morgan fingerprint density at radius 3 is 1.58 bits per heavy atom. The number of nitrogens with zero attached hydrogens (tertiary/aromatic N) is 6. The number of Topliss-reactive ketones (excluding diaryl/α,β-unsaturated/α-hetero) is 1. The van der Waals surface area contributed by atoms with Crippen molar-refractivity contribution in [2.75, 3.05) is 96.7 Å². The molecule has 0 amide bonds. The standard InChI is InChI=1S/C80H90F2N6O28/c1-40-29-85(23-21-83(40)33-58-42(3)112-76(100)115-58)66-55(81)26-50-64(70(66)103-7)87(45-10-11-45)31-52(68(50)94)72(96)108-38-110-74(98)106-35-48(114-62(93)16-15-61(92)105-37-60(91)80(102)20-18-54-49-14-9-44-25-47(89)17-19-78(44,5)63(49)57(90)28-79(54,80)6)36-107-75(99)111-39-109-73(97)53-32-88(46-12-13-46)65-51(69(53)95)27-56(82)67(71(65)104-8)86-24-22-84(41(2)30-86)34-59-43(4)113-77(101)116-59/h17,19,25-27,31-32,40-41,45-46,48-49,54,57,63,90,102H,9-16,18,20-24,28-30,33-39H2,1-8H3/t40?,41?,48?,49-,54-,57-,63?,78-,79-,80-/m1/s1. The third-order valence-corrected chi connectivity index (χ3v) is 24.5. The van der Waals surface area contributed by atoms with Crippen LogP contribution >= 0.6 is 0 Å². The average molecular weight is 1620 g/mol. The lowest BCUT2D eigenvalue weighted by Gasteiger charge is -2.59. The Hall–Kier alpha value is -11.0. The topological polar surface area (TPSA) is 413 Å². The smallest absolute Gasteiger partial charge is 0.492 e. The van der Waals surface area contributed by atoms with Crippen LogP contribution in [0.25, 0.3) is 21.8 Å². The highest BCUT2D eigenvalue weighted by molar-refractivity contribution is 6.02. The van der Waals surface area contributed by atoms with E-state index in [1.165, 1.54) is 32.7 Å². The fraction of sp³-hybridized carbons (Fsp3) is 0.550. The molecule has 622 valence electrons. The first kappa shape index (κ1) is 81.6. The number of hydrogen-bond acceptors (Lipinski definition) is 32. The molecule has 116 heavy (non-hydrogen) atoms. The van der Waals surface area contributed by atoms with E-state index in [2.05, 4.69) is 0 Å². The van der Waals surface area contributed by atoms with E-state index in [0.717, 1.165) is 17.7 Å². The van der Waals surface area contributed by atoms with Gasteiger partial charge in [-0.15, -0.1) is 0 Å². The number of carbonyl (C=O) groups is 8. The number of aromatic nitrogens is 2. The lowest BCUT2D eigenvalue weighted by Crippen LogP contribution is -2.61. The first-order chi connectivity index (χ1) is 55.3. The third kappa shape index (κ3) is 15.9.